The van der Waals surface area contributed by atoms with Crippen LogP contribution in [0.25, 0.3) is 0 Å². The Morgan fingerprint density at radius 3 is 1.59 bits per heavy atom. The molecule has 5 nitrogen and oxygen atoms in total. The summed E-state index contributed by atoms with van der Waals surface area (Å²) in [5.41, 5.74) is 2.98. The smallest absolute Gasteiger partial charge is 0.240 e. The van der Waals surface area contributed by atoms with Crippen molar-refractivity contribution in [2.24, 2.45) is 9.98 Å². The SMILES string of the molecule is CCOC(c1ccc(N=C=O)cc1)c1ccc(N=C=O)cc1. The summed E-state index contributed by atoms with van der Waals surface area (Å²) in [6.07, 6.45) is 2.78. The first kappa shape index (κ1) is 15.5. The first-order valence-corrected chi connectivity index (χ1v) is 6.75. The highest BCUT2D eigenvalue weighted by molar-refractivity contribution is 5.51. The lowest BCUT2D eigenvalue weighted by Gasteiger charge is -2.18. The number of rotatable bonds is 6. The van der Waals surface area contributed by atoms with Crippen LogP contribution in [0.2, 0.25) is 0 Å². The second kappa shape index (κ2) is 7.81. The molecule has 2 aromatic carbocycles. The largest absolute Gasteiger partial charge is 0.369 e. The lowest BCUT2D eigenvalue weighted by Crippen LogP contribution is -2.05. The Balaban J connectivity index is 2.32. The average Bonchev–Trinajstić information content (AvgIpc) is 2.55. The molecule has 0 aliphatic carbocycles. The number of hydrogen-bond acceptors (Lipinski definition) is 5. The highest BCUT2D eigenvalue weighted by atomic mass is 16.5. The Bertz CT molecular complexity index is 649. The van der Waals surface area contributed by atoms with Gasteiger partial charge in [-0.05, 0) is 42.3 Å². The number of hydrogen-bond donors (Lipinski definition) is 0. The van der Waals surface area contributed by atoms with Crippen molar-refractivity contribution in [1.82, 2.24) is 0 Å². The second-order valence-corrected chi connectivity index (χ2v) is 4.42. The first-order chi connectivity index (χ1) is 10.8. The van der Waals surface area contributed by atoms with Crippen molar-refractivity contribution < 1.29 is 14.3 Å². The quantitative estimate of drug-likeness (QED) is 0.602. The van der Waals surface area contributed by atoms with Crippen LogP contribution in [0.5, 0.6) is 0 Å². The molecule has 110 valence electrons. The maximum atomic E-state index is 10.2. The number of ether oxygens (including phenoxy) is 1. The zero-order valence-electron chi connectivity index (χ0n) is 12.0. The van der Waals surface area contributed by atoms with Crippen molar-refractivity contribution >= 4 is 23.5 Å². The molecule has 0 saturated carbocycles. The zero-order chi connectivity index (χ0) is 15.8. The minimum absolute atomic E-state index is 0.242. The maximum absolute atomic E-state index is 10.2. The van der Waals surface area contributed by atoms with Crippen LogP contribution in [-0.4, -0.2) is 18.8 Å². The van der Waals surface area contributed by atoms with E-state index in [2.05, 4.69) is 9.98 Å². The molecule has 0 amide bonds. The molecule has 0 radical (unpaired) electrons. The molecule has 0 N–H and O–H groups in total. The molecule has 0 atom stereocenters. The van der Waals surface area contributed by atoms with Gasteiger partial charge in [0.15, 0.2) is 0 Å². The summed E-state index contributed by atoms with van der Waals surface area (Å²) in [7, 11) is 0. The molecular weight excluding hydrogens is 280 g/mol. The van der Waals surface area contributed by atoms with E-state index in [4.69, 9.17) is 4.74 Å². The number of benzene rings is 2. The molecule has 22 heavy (non-hydrogen) atoms. The van der Waals surface area contributed by atoms with Crippen LogP contribution in [0, 0.1) is 0 Å². The molecule has 0 bridgehead atoms. The molecule has 5 heteroatoms. The molecule has 0 aliphatic heterocycles. The number of isocyanates is 2. The normalized spacial score (nSPS) is 11.1. The molecule has 0 aromatic heterocycles. The van der Waals surface area contributed by atoms with Crippen LogP contribution in [0.4, 0.5) is 11.4 Å². The van der Waals surface area contributed by atoms with Crippen LogP contribution in [0.3, 0.4) is 0 Å². The summed E-state index contributed by atoms with van der Waals surface area (Å²) in [5.74, 6) is 0. The lowest BCUT2D eigenvalue weighted by molar-refractivity contribution is 0.0914. The summed E-state index contributed by atoms with van der Waals surface area (Å²) in [6.45, 7) is 2.47. The van der Waals surface area contributed by atoms with Crippen molar-refractivity contribution in [2.75, 3.05) is 6.61 Å². The predicted octanol–water partition coefficient (Wildman–Crippen LogP) is 3.75. The fourth-order valence-electron chi connectivity index (χ4n) is 2.10. The van der Waals surface area contributed by atoms with Gasteiger partial charge in [0.25, 0.3) is 0 Å². The Hall–Kier alpha value is -2.84. The minimum atomic E-state index is -0.242. The van der Waals surface area contributed by atoms with Gasteiger partial charge in [-0.15, -0.1) is 0 Å². The van der Waals surface area contributed by atoms with Crippen LogP contribution >= 0.6 is 0 Å². The predicted molar refractivity (Wildman–Crippen MR) is 81.9 cm³/mol. The molecule has 2 aromatic rings. The molecule has 0 unspecified atom stereocenters. The Morgan fingerprint density at radius 1 is 0.864 bits per heavy atom. The maximum Gasteiger partial charge on any atom is 0.240 e. The zero-order valence-corrected chi connectivity index (χ0v) is 12.0. The second-order valence-electron chi connectivity index (χ2n) is 4.42. The van der Waals surface area contributed by atoms with Gasteiger partial charge in [0.05, 0.1) is 11.4 Å². The average molecular weight is 294 g/mol. The molecule has 0 fully saturated rings. The molecule has 2 rings (SSSR count). The van der Waals surface area contributed by atoms with Gasteiger partial charge < -0.3 is 4.74 Å². The van der Waals surface area contributed by atoms with Gasteiger partial charge in [-0.3, -0.25) is 0 Å². The fourth-order valence-corrected chi connectivity index (χ4v) is 2.10. The summed E-state index contributed by atoms with van der Waals surface area (Å²) in [4.78, 5) is 27.6. The van der Waals surface area contributed by atoms with Crippen LogP contribution < -0.4 is 0 Å². The van der Waals surface area contributed by atoms with E-state index in [9.17, 15) is 9.59 Å². The summed E-state index contributed by atoms with van der Waals surface area (Å²) in [5, 5.41) is 0. The van der Waals surface area contributed by atoms with Crippen molar-refractivity contribution in [3.8, 4) is 0 Å². The fraction of sp³-hybridized carbons (Fsp3) is 0.176. The standard InChI is InChI=1S/C17H14N2O3/c1-2-22-17(13-3-7-15(8-4-13)18-11-20)14-5-9-16(10-6-14)19-12-21/h3-10,17H,2H2,1H3. The minimum Gasteiger partial charge on any atom is -0.369 e. The van der Waals surface area contributed by atoms with Gasteiger partial charge in [0.2, 0.25) is 12.2 Å². The van der Waals surface area contributed by atoms with Crippen molar-refractivity contribution in [3.63, 3.8) is 0 Å². The van der Waals surface area contributed by atoms with E-state index in [1.54, 1.807) is 24.3 Å². The number of aliphatic imine (C=N–C) groups is 2. The van der Waals surface area contributed by atoms with E-state index in [1.165, 1.54) is 12.2 Å². The first-order valence-electron chi connectivity index (χ1n) is 6.75. The highest BCUT2D eigenvalue weighted by Crippen LogP contribution is 2.28. The molecule has 0 saturated heterocycles. The van der Waals surface area contributed by atoms with Gasteiger partial charge in [-0.2, -0.15) is 9.98 Å². The van der Waals surface area contributed by atoms with E-state index >= 15 is 0 Å². The Morgan fingerprint density at radius 2 is 1.27 bits per heavy atom. The Kier molecular flexibility index (Phi) is 5.52. The van der Waals surface area contributed by atoms with E-state index in [1.807, 2.05) is 31.2 Å². The lowest BCUT2D eigenvalue weighted by atomic mass is 10.0. The molecule has 0 aliphatic rings. The third kappa shape index (κ3) is 3.84. The van der Waals surface area contributed by atoms with Gasteiger partial charge in [-0.25, -0.2) is 9.59 Å². The van der Waals surface area contributed by atoms with Crippen LogP contribution in [0.1, 0.15) is 24.2 Å². The van der Waals surface area contributed by atoms with Crippen molar-refractivity contribution in [1.29, 1.82) is 0 Å². The third-order valence-electron chi connectivity index (χ3n) is 3.07. The van der Waals surface area contributed by atoms with E-state index in [0.29, 0.717) is 18.0 Å². The van der Waals surface area contributed by atoms with Crippen molar-refractivity contribution in [2.45, 2.75) is 13.0 Å². The summed E-state index contributed by atoms with van der Waals surface area (Å²) < 4.78 is 5.80. The van der Waals surface area contributed by atoms with Crippen molar-refractivity contribution in [3.05, 3.63) is 59.7 Å². The van der Waals surface area contributed by atoms with Gasteiger partial charge in [0.1, 0.15) is 6.10 Å². The molecule has 0 heterocycles. The summed E-state index contributed by atoms with van der Waals surface area (Å²) >= 11 is 0. The Labute approximate surface area is 128 Å². The topological polar surface area (TPSA) is 68.1 Å². The van der Waals surface area contributed by atoms with Crippen LogP contribution in [0.15, 0.2) is 58.5 Å². The third-order valence-corrected chi connectivity index (χ3v) is 3.07. The monoisotopic (exact) mass is 294 g/mol. The number of carbonyl (C=O) groups excluding carboxylic acids is 2. The molecular formula is C17H14N2O3. The van der Waals surface area contributed by atoms with Gasteiger partial charge >= 0.3 is 0 Å². The van der Waals surface area contributed by atoms with Gasteiger partial charge in [0, 0.05) is 6.61 Å². The summed E-state index contributed by atoms with van der Waals surface area (Å²) in [6, 6.07) is 14.4. The van der Waals surface area contributed by atoms with Crippen LogP contribution in [-0.2, 0) is 14.3 Å². The number of nitrogens with zero attached hydrogens (tertiary/aromatic N) is 2. The van der Waals surface area contributed by atoms with Gasteiger partial charge in [-0.1, -0.05) is 24.3 Å². The van der Waals surface area contributed by atoms with E-state index in [-0.39, 0.29) is 6.10 Å². The van der Waals surface area contributed by atoms with E-state index < -0.39 is 0 Å². The molecule has 0 spiro atoms. The van der Waals surface area contributed by atoms with E-state index in [0.717, 1.165) is 11.1 Å². The highest BCUT2D eigenvalue weighted by Gasteiger charge is 2.14.